The second kappa shape index (κ2) is 7.27. The number of halogens is 1. The maximum absolute atomic E-state index is 15.4. The van der Waals surface area contributed by atoms with Crippen molar-refractivity contribution in [2.45, 2.75) is 25.3 Å². The Labute approximate surface area is 173 Å². The van der Waals surface area contributed by atoms with Crippen LogP contribution in [0.4, 0.5) is 4.39 Å². The molecule has 1 fully saturated rings. The highest BCUT2D eigenvalue weighted by molar-refractivity contribution is 6.00. The van der Waals surface area contributed by atoms with E-state index in [1.54, 1.807) is 0 Å². The van der Waals surface area contributed by atoms with E-state index in [0.717, 1.165) is 4.57 Å². The fourth-order valence-corrected chi connectivity index (χ4v) is 3.63. The molecule has 0 aliphatic carbocycles. The summed E-state index contributed by atoms with van der Waals surface area (Å²) in [5, 5.41) is 14.4. The van der Waals surface area contributed by atoms with Gasteiger partial charge in [-0.3, -0.25) is 19.5 Å². The van der Waals surface area contributed by atoms with Crippen molar-refractivity contribution in [3.8, 4) is 5.69 Å². The molecule has 0 radical (unpaired) electrons. The third kappa shape index (κ3) is 3.29. The summed E-state index contributed by atoms with van der Waals surface area (Å²) in [5.74, 6) is -2.41. The highest BCUT2D eigenvalue weighted by Gasteiger charge is 2.32. The number of piperidine rings is 1. The standard InChI is InChI=1S/C20H15FN6O4/c21-17-11(10-15-23-25-27(24-15)12-4-2-1-3-5-12)6-8-14-18(17)26(20(30)31-14)13-7-9-16(28)22-19(13)29/h1-6,8,13H,7,9-10H2,(H,22,28,29). The highest BCUT2D eigenvalue weighted by atomic mass is 19.1. The summed E-state index contributed by atoms with van der Waals surface area (Å²) >= 11 is 0. The molecule has 0 saturated carbocycles. The first kappa shape index (κ1) is 18.9. The summed E-state index contributed by atoms with van der Waals surface area (Å²) in [6.45, 7) is 0. The minimum atomic E-state index is -1.03. The van der Waals surface area contributed by atoms with Crippen LogP contribution in [0.2, 0.25) is 0 Å². The first-order valence-electron chi connectivity index (χ1n) is 9.51. The number of imide groups is 1. The van der Waals surface area contributed by atoms with E-state index in [1.165, 1.54) is 16.9 Å². The van der Waals surface area contributed by atoms with Crippen molar-refractivity contribution in [1.29, 1.82) is 0 Å². The highest BCUT2D eigenvalue weighted by Crippen LogP contribution is 2.27. The molecule has 156 valence electrons. The predicted molar refractivity (Wildman–Crippen MR) is 104 cm³/mol. The van der Waals surface area contributed by atoms with Gasteiger partial charge in [-0.05, 0) is 35.4 Å². The third-order valence-corrected chi connectivity index (χ3v) is 5.11. The van der Waals surface area contributed by atoms with E-state index >= 15 is 4.39 Å². The number of hydrogen-bond donors (Lipinski definition) is 1. The predicted octanol–water partition coefficient (Wildman–Crippen LogP) is 1.28. The van der Waals surface area contributed by atoms with E-state index in [4.69, 9.17) is 4.42 Å². The van der Waals surface area contributed by atoms with Crippen LogP contribution in [0, 0.1) is 5.82 Å². The lowest BCUT2D eigenvalue weighted by Gasteiger charge is -2.21. The number of aromatic nitrogens is 5. The Morgan fingerprint density at radius 3 is 2.71 bits per heavy atom. The first-order valence-corrected chi connectivity index (χ1v) is 9.51. The van der Waals surface area contributed by atoms with Crippen molar-refractivity contribution >= 4 is 22.9 Å². The van der Waals surface area contributed by atoms with Crippen molar-refractivity contribution in [2.75, 3.05) is 0 Å². The molecule has 1 unspecified atom stereocenters. The summed E-state index contributed by atoms with van der Waals surface area (Å²) in [5.41, 5.74) is 0.796. The Bertz CT molecular complexity index is 1370. The fourth-order valence-electron chi connectivity index (χ4n) is 3.63. The van der Waals surface area contributed by atoms with Gasteiger partial charge < -0.3 is 4.42 Å². The largest absolute Gasteiger partial charge is 0.420 e. The van der Waals surface area contributed by atoms with Gasteiger partial charge in [0, 0.05) is 12.8 Å². The summed E-state index contributed by atoms with van der Waals surface area (Å²) in [6, 6.07) is 11.0. The van der Waals surface area contributed by atoms with Crippen LogP contribution in [0.5, 0.6) is 0 Å². The van der Waals surface area contributed by atoms with Gasteiger partial charge in [-0.2, -0.15) is 0 Å². The zero-order valence-corrected chi connectivity index (χ0v) is 16.0. The van der Waals surface area contributed by atoms with Crippen molar-refractivity contribution in [1.82, 2.24) is 30.1 Å². The number of para-hydroxylation sites is 1. The number of oxazole rings is 1. The second-order valence-electron chi connectivity index (χ2n) is 7.10. The van der Waals surface area contributed by atoms with E-state index in [9.17, 15) is 14.4 Å². The number of nitrogens with zero attached hydrogens (tertiary/aromatic N) is 5. The molecule has 1 aliphatic rings. The molecule has 1 atom stereocenters. The van der Waals surface area contributed by atoms with Gasteiger partial charge in [0.05, 0.1) is 5.69 Å². The van der Waals surface area contributed by atoms with Crippen LogP contribution >= 0.6 is 0 Å². The molecular weight excluding hydrogens is 407 g/mol. The molecule has 1 aliphatic heterocycles. The lowest BCUT2D eigenvalue weighted by Crippen LogP contribution is -2.43. The number of tetrazole rings is 1. The molecule has 10 nitrogen and oxygen atoms in total. The summed E-state index contributed by atoms with van der Waals surface area (Å²) in [4.78, 5) is 37.4. The van der Waals surface area contributed by atoms with E-state index < -0.39 is 29.4 Å². The SMILES string of the molecule is O=C1CCC(n2c(=O)oc3ccc(Cc4nnn(-c5ccccc5)n4)c(F)c32)C(=O)N1. The molecule has 3 heterocycles. The van der Waals surface area contributed by atoms with Crippen LogP contribution in [0.15, 0.2) is 51.7 Å². The lowest BCUT2D eigenvalue weighted by atomic mass is 10.0. The van der Waals surface area contributed by atoms with E-state index in [-0.39, 0.29) is 41.8 Å². The molecule has 2 aromatic heterocycles. The zero-order chi connectivity index (χ0) is 21.5. The van der Waals surface area contributed by atoms with Crippen LogP contribution in [0.1, 0.15) is 30.3 Å². The zero-order valence-electron chi connectivity index (χ0n) is 16.0. The number of rotatable bonds is 4. The van der Waals surface area contributed by atoms with Crippen LogP contribution in [-0.4, -0.2) is 36.6 Å². The molecule has 11 heteroatoms. The van der Waals surface area contributed by atoms with Crippen molar-refractivity contribution in [3.63, 3.8) is 0 Å². The van der Waals surface area contributed by atoms with Gasteiger partial charge >= 0.3 is 5.76 Å². The van der Waals surface area contributed by atoms with Crippen LogP contribution in [-0.2, 0) is 16.0 Å². The lowest BCUT2D eigenvalue weighted by molar-refractivity contribution is -0.135. The number of amides is 2. The molecule has 1 saturated heterocycles. The van der Waals surface area contributed by atoms with Crippen molar-refractivity contribution < 1.29 is 18.4 Å². The number of fused-ring (bicyclic) bond motifs is 1. The van der Waals surface area contributed by atoms with Gasteiger partial charge in [-0.25, -0.2) is 9.18 Å². The summed E-state index contributed by atoms with van der Waals surface area (Å²) in [7, 11) is 0. The number of nitrogens with one attached hydrogen (secondary N) is 1. The minimum absolute atomic E-state index is 0.0110. The van der Waals surface area contributed by atoms with Crippen molar-refractivity contribution in [3.05, 3.63) is 70.2 Å². The average Bonchev–Trinajstić information content (AvgIpc) is 3.35. The Hall–Kier alpha value is -4.15. The van der Waals surface area contributed by atoms with Crippen LogP contribution in [0.25, 0.3) is 16.8 Å². The topological polar surface area (TPSA) is 125 Å². The molecule has 5 rings (SSSR count). The molecule has 2 amide bonds. The Kier molecular flexibility index (Phi) is 4.42. The number of benzene rings is 2. The number of carbonyl (C=O) groups excluding carboxylic acids is 2. The Balaban J connectivity index is 1.52. The van der Waals surface area contributed by atoms with E-state index in [2.05, 4.69) is 20.7 Å². The normalized spacial score (nSPS) is 16.6. The average molecular weight is 422 g/mol. The molecule has 0 spiro atoms. The van der Waals surface area contributed by atoms with Gasteiger partial charge in [0.15, 0.2) is 17.2 Å². The third-order valence-electron chi connectivity index (χ3n) is 5.11. The van der Waals surface area contributed by atoms with Crippen molar-refractivity contribution in [2.24, 2.45) is 0 Å². The van der Waals surface area contributed by atoms with Crippen LogP contribution < -0.4 is 11.1 Å². The Morgan fingerprint density at radius 1 is 1.13 bits per heavy atom. The smallest absolute Gasteiger partial charge is 0.408 e. The maximum atomic E-state index is 15.4. The first-order chi connectivity index (χ1) is 15.0. The molecule has 0 bridgehead atoms. The van der Waals surface area contributed by atoms with Crippen LogP contribution in [0.3, 0.4) is 0 Å². The second-order valence-corrected chi connectivity index (χ2v) is 7.10. The van der Waals surface area contributed by atoms with E-state index in [1.807, 2.05) is 30.3 Å². The molecule has 2 aromatic carbocycles. The van der Waals surface area contributed by atoms with Gasteiger partial charge in [-0.1, -0.05) is 24.3 Å². The maximum Gasteiger partial charge on any atom is 0.420 e. The van der Waals surface area contributed by atoms with Gasteiger partial charge in [-0.15, -0.1) is 15.0 Å². The monoisotopic (exact) mass is 422 g/mol. The minimum Gasteiger partial charge on any atom is -0.408 e. The van der Waals surface area contributed by atoms with E-state index in [0.29, 0.717) is 5.69 Å². The molecular formula is C20H15FN6O4. The van der Waals surface area contributed by atoms with Gasteiger partial charge in [0.25, 0.3) is 0 Å². The molecule has 1 N–H and O–H groups in total. The molecule has 31 heavy (non-hydrogen) atoms. The summed E-state index contributed by atoms with van der Waals surface area (Å²) in [6.07, 6.45) is 0.141. The Morgan fingerprint density at radius 2 is 1.94 bits per heavy atom. The van der Waals surface area contributed by atoms with Gasteiger partial charge in [0.1, 0.15) is 11.6 Å². The quantitative estimate of drug-likeness (QED) is 0.491. The number of hydrogen-bond acceptors (Lipinski definition) is 7. The number of carbonyl (C=O) groups is 2. The fraction of sp³-hybridized carbons (Fsp3) is 0.200. The molecule has 4 aromatic rings. The van der Waals surface area contributed by atoms with Gasteiger partial charge in [0.2, 0.25) is 11.8 Å². The summed E-state index contributed by atoms with van der Waals surface area (Å²) < 4.78 is 21.5.